The molecule has 10 heteroatoms. The van der Waals surface area contributed by atoms with Crippen LogP contribution < -0.4 is 10.1 Å². The van der Waals surface area contributed by atoms with E-state index in [1.807, 2.05) is 0 Å². The zero-order chi connectivity index (χ0) is 33.5. The van der Waals surface area contributed by atoms with Gasteiger partial charge in [-0.2, -0.15) is 0 Å². The number of amides is 1. The van der Waals surface area contributed by atoms with Gasteiger partial charge in [0.2, 0.25) is 5.91 Å². The van der Waals surface area contributed by atoms with Crippen LogP contribution in [-0.4, -0.2) is 63.9 Å². The molecule has 1 amide bonds. The van der Waals surface area contributed by atoms with Crippen LogP contribution in [0.4, 0.5) is 4.39 Å². The van der Waals surface area contributed by atoms with Crippen molar-refractivity contribution in [2.75, 3.05) is 13.3 Å². The van der Waals surface area contributed by atoms with Crippen LogP contribution in [0.1, 0.15) is 103 Å². The van der Waals surface area contributed by atoms with Crippen molar-refractivity contribution < 1.29 is 43.6 Å². The fourth-order valence-corrected chi connectivity index (χ4v) is 4.83. The van der Waals surface area contributed by atoms with E-state index in [0.29, 0.717) is 37.0 Å². The number of ketones is 1. The number of alkyl halides is 1. The van der Waals surface area contributed by atoms with Gasteiger partial charge >= 0.3 is 11.9 Å². The summed E-state index contributed by atoms with van der Waals surface area (Å²) in [7, 11) is 0. The summed E-state index contributed by atoms with van der Waals surface area (Å²) in [5, 5.41) is 32.7. The number of ether oxygens (including phenoxy) is 1. The number of nitrogens with one attached hydrogen (secondary N) is 1. The van der Waals surface area contributed by atoms with E-state index in [4.69, 9.17) is 4.74 Å². The van der Waals surface area contributed by atoms with E-state index in [1.54, 1.807) is 37.3 Å². The summed E-state index contributed by atoms with van der Waals surface area (Å²) in [6.07, 6.45) is 12.1. The van der Waals surface area contributed by atoms with E-state index in [9.17, 15) is 38.9 Å². The van der Waals surface area contributed by atoms with Crippen LogP contribution >= 0.6 is 0 Å². The highest BCUT2D eigenvalue weighted by Gasteiger charge is 2.47. The maximum atomic E-state index is 13.3. The lowest BCUT2D eigenvalue weighted by molar-refractivity contribution is -0.168. The maximum absolute atomic E-state index is 13.3. The van der Waals surface area contributed by atoms with Crippen LogP contribution in [0.15, 0.2) is 36.4 Å². The topological polar surface area (TPSA) is 150 Å². The number of carbonyl (C=O) groups excluding carboxylic acids is 2. The summed E-state index contributed by atoms with van der Waals surface area (Å²) in [6.45, 7) is 2.84. The molecule has 0 radical (unpaired) electrons. The van der Waals surface area contributed by atoms with Crippen LogP contribution in [-0.2, 0) is 25.6 Å². The zero-order valence-electron chi connectivity index (χ0n) is 26.7. The highest BCUT2D eigenvalue weighted by atomic mass is 19.1. The largest absolute Gasteiger partial charge is 0.481 e. The predicted molar refractivity (Wildman–Crippen MR) is 171 cm³/mol. The van der Waals surface area contributed by atoms with Crippen molar-refractivity contribution in [3.05, 3.63) is 42.0 Å². The molecule has 4 N–H and O–H groups in total. The summed E-state index contributed by atoms with van der Waals surface area (Å²) in [5.41, 5.74) is -2.20. The Morgan fingerprint density at radius 2 is 1.60 bits per heavy atom. The molecule has 3 atom stereocenters. The first kappa shape index (κ1) is 39.3. The van der Waals surface area contributed by atoms with Crippen LogP contribution in [0, 0.1) is 17.8 Å². The Morgan fingerprint density at radius 3 is 2.16 bits per heavy atom. The number of rotatable bonds is 25. The fourth-order valence-electron chi connectivity index (χ4n) is 4.83. The molecule has 9 nitrogen and oxygen atoms in total. The number of benzene rings is 1. The Labute approximate surface area is 266 Å². The molecule has 0 aliphatic rings. The predicted octanol–water partition coefficient (Wildman–Crippen LogP) is 5.82. The Kier molecular flexibility index (Phi) is 19.9. The van der Waals surface area contributed by atoms with E-state index in [1.165, 1.54) is 25.3 Å². The van der Waals surface area contributed by atoms with E-state index >= 15 is 0 Å². The van der Waals surface area contributed by atoms with E-state index in [0.717, 1.165) is 32.1 Å². The second kappa shape index (κ2) is 22.7. The molecule has 0 saturated heterocycles. The Bertz CT molecular complexity index is 1140. The molecular weight excluding hydrogens is 581 g/mol. The average molecular weight is 632 g/mol. The number of unbranched alkanes of at least 4 members (excludes halogenated alkanes) is 8. The molecule has 0 fully saturated rings. The molecule has 1 aromatic carbocycles. The first-order valence-corrected chi connectivity index (χ1v) is 15.9. The van der Waals surface area contributed by atoms with Crippen molar-refractivity contribution >= 4 is 23.6 Å². The molecule has 1 aromatic rings. The molecule has 0 bridgehead atoms. The third kappa shape index (κ3) is 15.7. The number of carboxylic acids is 2. The van der Waals surface area contributed by atoms with Crippen molar-refractivity contribution in [3.63, 3.8) is 0 Å². The third-order valence-corrected chi connectivity index (χ3v) is 7.57. The molecular formula is C35H50FNO8. The summed E-state index contributed by atoms with van der Waals surface area (Å²) < 4.78 is 18.7. The van der Waals surface area contributed by atoms with Gasteiger partial charge in [-0.25, -0.2) is 9.59 Å². The summed E-state index contributed by atoms with van der Waals surface area (Å²) >= 11 is 0. The summed E-state index contributed by atoms with van der Waals surface area (Å²) in [6, 6.07) is 5.10. The molecule has 0 heterocycles. The monoisotopic (exact) mass is 631 g/mol. The zero-order valence-corrected chi connectivity index (χ0v) is 26.7. The highest BCUT2D eigenvalue weighted by Crippen LogP contribution is 2.26. The number of hydrogen-bond donors (Lipinski definition) is 4. The van der Waals surface area contributed by atoms with Crippen molar-refractivity contribution in [2.45, 2.75) is 115 Å². The molecule has 0 aliphatic heterocycles. The summed E-state index contributed by atoms with van der Waals surface area (Å²) in [5.74, 6) is 0.380. The Hall–Kier alpha value is -3.71. The first-order valence-electron chi connectivity index (χ1n) is 15.9. The minimum Gasteiger partial charge on any atom is -0.481 e. The molecule has 45 heavy (non-hydrogen) atoms. The third-order valence-electron chi connectivity index (χ3n) is 7.57. The van der Waals surface area contributed by atoms with Crippen molar-refractivity contribution in [3.8, 4) is 17.6 Å². The van der Waals surface area contributed by atoms with Crippen molar-refractivity contribution in [1.29, 1.82) is 0 Å². The first-order chi connectivity index (χ1) is 21.6. The van der Waals surface area contributed by atoms with Gasteiger partial charge in [0.05, 0.1) is 12.6 Å². The number of aliphatic hydroxyl groups is 1. The molecule has 0 saturated carbocycles. The molecule has 0 aliphatic carbocycles. The van der Waals surface area contributed by atoms with E-state index in [2.05, 4.69) is 24.1 Å². The molecule has 0 spiro atoms. The van der Waals surface area contributed by atoms with Crippen LogP contribution in [0.2, 0.25) is 0 Å². The fraction of sp³-hybridized carbons (Fsp3) is 0.600. The number of carboxylic acid groups (broad SMARTS) is 2. The lowest BCUT2D eigenvalue weighted by Crippen LogP contribution is -2.54. The lowest BCUT2D eigenvalue weighted by Gasteiger charge is -2.30. The van der Waals surface area contributed by atoms with E-state index in [-0.39, 0.29) is 18.8 Å². The Balaban J connectivity index is 2.76. The van der Waals surface area contributed by atoms with Gasteiger partial charge in [0.1, 0.15) is 24.2 Å². The number of aliphatic carboxylic acids is 2. The number of allylic oxidation sites excluding steroid dienone is 1. The highest BCUT2D eigenvalue weighted by molar-refractivity contribution is 5.92. The SMILES string of the molecule is CC#CCOc1ccc(C[C@H](NC(=O)[C@@H](/C=C/CCCCCCC(=O)CCCCCCC)[C@@](O)(CCF)C(=O)O)C(=O)O)cc1. The van der Waals surface area contributed by atoms with Gasteiger partial charge < -0.3 is 25.4 Å². The summed E-state index contributed by atoms with van der Waals surface area (Å²) in [4.78, 5) is 49.2. The minimum absolute atomic E-state index is 0.122. The standard InChI is InChI=1S/C35H50FNO8/c1-3-5-7-10-13-16-28(38)17-14-11-8-9-12-15-18-30(35(44,23-24-36)34(42)43)32(39)37-31(33(40)41)26-27-19-21-29(22-20-27)45-25-6-4-2/h15,18-22,30-31,44H,3,5,7-14,16-17,23-26H2,1-2H3,(H,37,39)(H,40,41)(H,42,43)/b18-15+/t30-,31+,35+/m1/s1. The second-order valence-corrected chi connectivity index (χ2v) is 11.2. The molecule has 0 aromatic heterocycles. The molecule has 250 valence electrons. The van der Waals surface area contributed by atoms with Gasteiger partial charge in [-0.15, -0.1) is 5.92 Å². The van der Waals surface area contributed by atoms with Gasteiger partial charge in [-0.05, 0) is 50.3 Å². The quantitative estimate of drug-likeness (QED) is 0.0599. The van der Waals surface area contributed by atoms with E-state index < -0.39 is 48.5 Å². The normalized spacial score (nSPS) is 13.7. The van der Waals surface area contributed by atoms with Crippen LogP contribution in [0.3, 0.4) is 0 Å². The molecule has 1 rings (SSSR count). The van der Waals surface area contributed by atoms with Gasteiger partial charge in [-0.1, -0.05) is 75.7 Å². The maximum Gasteiger partial charge on any atom is 0.336 e. The van der Waals surface area contributed by atoms with Gasteiger partial charge in [-0.3, -0.25) is 14.0 Å². The Morgan fingerprint density at radius 1 is 0.978 bits per heavy atom. The van der Waals surface area contributed by atoms with Crippen molar-refractivity contribution in [1.82, 2.24) is 5.32 Å². The van der Waals surface area contributed by atoms with Crippen LogP contribution in [0.25, 0.3) is 0 Å². The second-order valence-electron chi connectivity index (χ2n) is 11.2. The number of Topliss-reactive ketones (excluding diaryl/α,β-unsaturated/α-hetero) is 1. The van der Waals surface area contributed by atoms with Gasteiger partial charge in [0.25, 0.3) is 0 Å². The van der Waals surface area contributed by atoms with Crippen LogP contribution in [0.5, 0.6) is 5.75 Å². The smallest absolute Gasteiger partial charge is 0.336 e. The van der Waals surface area contributed by atoms with Gasteiger partial charge in [0.15, 0.2) is 5.60 Å². The average Bonchev–Trinajstić information content (AvgIpc) is 3.00. The minimum atomic E-state index is -2.77. The number of halogens is 1. The lowest BCUT2D eigenvalue weighted by atomic mass is 9.83. The van der Waals surface area contributed by atoms with Crippen molar-refractivity contribution in [2.24, 2.45) is 5.92 Å². The number of carbonyl (C=O) groups is 4. The van der Waals surface area contributed by atoms with Gasteiger partial charge in [0, 0.05) is 25.7 Å². The number of hydrogen-bond acceptors (Lipinski definition) is 6. The molecule has 0 unspecified atom stereocenters.